The van der Waals surface area contributed by atoms with Crippen molar-refractivity contribution < 1.29 is 9.59 Å². The zero-order chi connectivity index (χ0) is 24.8. The molecule has 2 unspecified atom stereocenters. The van der Waals surface area contributed by atoms with Crippen molar-refractivity contribution in [2.24, 2.45) is 0 Å². The van der Waals surface area contributed by atoms with Gasteiger partial charge in [0.25, 0.3) is 11.8 Å². The molecule has 2 fully saturated rings. The molecule has 7 rings (SSSR count). The predicted octanol–water partition coefficient (Wildman–Crippen LogP) is 4.85. The highest BCUT2D eigenvalue weighted by atomic mass is 35.5. The van der Waals surface area contributed by atoms with Crippen molar-refractivity contribution in [3.63, 3.8) is 0 Å². The summed E-state index contributed by atoms with van der Waals surface area (Å²) in [5.74, 6) is -0.579. The zero-order valence-electron chi connectivity index (χ0n) is 19.8. The zero-order valence-corrected chi connectivity index (χ0v) is 21.3. The van der Waals surface area contributed by atoms with Gasteiger partial charge in [0.1, 0.15) is 0 Å². The maximum atomic E-state index is 14.2. The topological polar surface area (TPSA) is 79.3 Å². The Morgan fingerprint density at radius 2 is 1.92 bits per heavy atom. The minimum atomic E-state index is -1.39. The van der Waals surface area contributed by atoms with Crippen molar-refractivity contribution in [2.75, 3.05) is 16.8 Å². The summed E-state index contributed by atoms with van der Waals surface area (Å²) in [7, 11) is 0. The van der Waals surface area contributed by atoms with E-state index in [2.05, 4.69) is 17.6 Å². The van der Waals surface area contributed by atoms with E-state index in [1.807, 2.05) is 16.8 Å². The molecule has 2 aromatic carbocycles. The second-order valence-electron chi connectivity index (χ2n) is 10.6. The van der Waals surface area contributed by atoms with E-state index < -0.39 is 5.54 Å². The van der Waals surface area contributed by atoms with Crippen molar-refractivity contribution in [3.8, 4) is 0 Å². The lowest BCUT2D eigenvalue weighted by atomic mass is 9.80. The van der Waals surface area contributed by atoms with Crippen molar-refractivity contribution in [1.82, 2.24) is 15.1 Å². The van der Waals surface area contributed by atoms with E-state index in [0.29, 0.717) is 50.8 Å². The van der Waals surface area contributed by atoms with Crippen LogP contribution >= 0.6 is 23.2 Å². The van der Waals surface area contributed by atoms with Crippen molar-refractivity contribution in [3.05, 3.63) is 75.0 Å². The summed E-state index contributed by atoms with van der Waals surface area (Å²) >= 11 is 12.7. The van der Waals surface area contributed by atoms with Crippen LogP contribution in [0.3, 0.4) is 0 Å². The van der Waals surface area contributed by atoms with Gasteiger partial charge in [0.2, 0.25) is 0 Å². The number of fused-ring (bicyclic) bond motifs is 4. The van der Waals surface area contributed by atoms with Crippen molar-refractivity contribution in [2.45, 2.75) is 56.1 Å². The van der Waals surface area contributed by atoms with Gasteiger partial charge in [0.15, 0.2) is 11.2 Å². The summed E-state index contributed by atoms with van der Waals surface area (Å²) in [4.78, 5) is 30.0. The Balaban J connectivity index is 1.53. The smallest absolute Gasteiger partial charge is 0.280 e. The van der Waals surface area contributed by atoms with E-state index in [9.17, 15) is 9.59 Å². The molecule has 1 saturated heterocycles. The first-order valence-corrected chi connectivity index (χ1v) is 13.2. The Morgan fingerprint density at radius 1 is 1.11 bits per heavy atom. The van der Waals surface area contributed by atoms with Gasteiger partial charge in [-0.05, 0) is 62.6 Å². The van der Waals surface area contributed by atoms with Gasteiger partial charge < -0.3 is 10.6 Å². The SMILES string of the molecule is CC1(c2c3c(nn2CC2CCCN2)C(=O)N(c2cccc(Cl)c2)C32C(=O)Nc3cc(Cl)ccc32)CC1. The van der Waals surface area contributed by atoms with Crippen LogP contribution < -0.4 is 15.5 Å². The maximum absolute atomic E-state index is 14.2. The third kappa shape index (κ3) is 2.93. The molecule has 184 valence electrons. The van der Waals surface area contributed by atoms with E-state index >= 15 is 0 Å². The molecule has 9 heteroatoms. The Kier molecular flexibility index (Phi) is 4.70. The molecule has 7 nitrogen and oxygen atoms in total. The summed E-state index contributed by atoms with van der Waals surface area (Å²) in [6, 6.07) is 12.7. The van der Waals surface area contributed by atoms with E-state index in [-0.39, 0.29) is 17.2 Å². The van der Waals surface area contributed by atoms with Crippen LogP contribution in [0.4, 0.5) is 11.4 Å². The number of halogens is 2. The van der Waals surface area contributed by atoms with E-state index in [0.717, 1.165) is 37.9 Å². The molecule has 1 aliphatic carbocycles. The van der Waals surface area contributed by atoms with Crippen LogP contribution in [-0.2, 0) is 22.3 Å². The number of nitrogens with zero attached hydrogens (tertiary/aromatic N) is 3. The quantitative estimate of drug-likeness (QED) is 0.514. The predicted molar refractivity (Wildman–Crippen MR) is 139 cm³/mol. The lowest BCUT2D eigenvalue weighted by molar-refractivity contribution is -0.119. The Hall–Kier alpha value is -2.87. The molecule has 0 bridgehead atoms. The van der Waals surface area contributed by atoms with Gasteiger partial charge in [-0.1, -0.05) is 42.3 Å². The van der Waals surface area contributed by atoms with Gasteiger partial charge in [0, 0.05) is 44.0 Å². The first-order chi connectivity index (χ1) is 17.3. The second kappa shape index (κ2) is 7.57. The summed E-state index contributed by atoms with van der Waals surface area (Å²) in [5, 5.41) is 12.5. The molecule has 3 aliphatic heterocycles. The van der Waals surface area contributed by atoms with Gasteiger partial charge in [0.05, 0.1) is 12.2 Å². The molecule has 3 aromatic rings. The lowest BCUT2D eigenvalue weighted by Crippen LogP contribution is -2.51. The number of hydrogen-bond donors (Lipinski definition) is 2. The summed E-state index contributed by atoms with van der Waals surface area (Å²) in [6.07, 6.45) is 4.16. The minimum absolute atomic E-state index is 0.147. The molecule has 2 amide bonds. The van der Waals surface area contributed by atoms with Gasteiger partial charge in [-0.25, -0.2) is 0 Å². The van der Waals surface area contributed by atoms with Crippen LogP contribution in [-0.4, -0.2) is 34.2 Å². The lowest BCUT2D eigenvalue weighted by Gasteiger charge is -2.35. The van der Waals surface area contributed by atoms with E-state index in [1.165, 1.54) is 0 Å². The van der Waals surface area contributed by atoms with Crippen LogP contribution in [0.5, 0.6) is 0 Å². The normalized spacial score (nSPS) is 25.4. The Bertz CT molecular complexity index is 1460. The molecule has 4 heterocycles. The van der Waals surface area contributed by atoms with Crippen LogP contribution in [0, 0.1) is 0 Å². The van der Waals surface area contributed by atoms with Gasteiger partial charge >= 0.3 is 0 Å². The summed E-state index contributed by atoms with van der Waals surface area (Å²) in [5.41, 5.74) is 2.36. The number of benzene rings is 2. The maximum Gasteiger partial charge on any atom is 0.280 e. The monoisotopic (exact) mass is 521 g/mol. The Morgan fingerprint density at radius 3 is 2.64 bits per heavy atom. The van der Waals surface area contributed by atoms with E-state index in [4.69, 9.17) is 28.3 Å². The number of amides is 2. The highest BCUT2D eigenvalue weighted by Gasteiger charge is 2.65. The third-order valence-corrected chi connectivity index (χ3v) is 8.67. The molecule has 1 spiro atoms. The van der Waals surface area contributed by atoms with E-state index in [1.54, 1.807) is 35.2 Å². The molecule has 2 atom stereocenters. The minimum Gasteiger partial charge on any atom is -0.323 e. The highest BCUT2D eigenvalue weighted by Crippen LogP contribution is 2.59. The molecule has 2 N–H and O–H groups in total. The number of carbonyl (C=O) groups excluding carboxylic acids is 2. The standard InChI is InChI=1S/C27H25Cl2N5O2/c1-26(9-10-26)23-21-22(32-33(23)14-17-5-3-11-30-17)24(35)34(18-6-2-4-15(28)12-18)27(21)19-8-7-16(29)13-20(19)31-25(27)36/h2,4,6-8,12-13,17,30H,3,5,9-11,14H2,1H3,(H,31,36). The number of anilines is 2. The molecular weight excluding hydrogens is 497 g/mol. The molecule has 0 radical (unpaired) electrons. The number of nitrogens with one attached hydrogen (secondary N) is 2. The molecule has 1 aromatic heterocycles. The Labute approximate surface area is 218 Å². The first kappa shape index (κ1) is 22.3. The van der Waals surface area contributed by atoms with Crippen molar-refractivity contribution >= 4 is 46.4 Å². The molecule has 1 saturated carbocycles. The fourth-order valence-electron chi connectivity index (χ4n) is 6.28. The van der Waals surface area contributed by atoms with Crippen LogP contribution in [0.15, 0.2) is 42.5 Å². The van der Waals surface area contributed by atoms with Crippen LogP contribution in [0.1, 0.15) is 59.9 Å². The summed E-state index contributed by atoms with van der Waals surface area (Å²) in [6.45, 7) is 3.87. The fraction of sp³-hybridized carbons (Fsp3) is 0.370. The highest BCUT2D eigenvalue weighted by molar-refractivity contribution is 6.32. The van der Waals surface area contributed by atoms with Gasteiger partial charge in [-0.3, -0.25) is 19.2 Å². The van der Waals surface area contributed by atoms with Crippen molar-refractivity contribution in [1.29, 1.82) is 0 Å². The largest absolute Gasteiger partial charge is 0.323 e. The second-order valence-corrected chi connectivity index (χ2v) is 11.5. The third-order valence-electron chi connectivity index (χ3n) is 8.20. The van der Waals surface area contributed by atoms with Crippen LogP contribution in [0.2, 0.25) is 10.0 Å². The molecule has 4 aliphatic rings. The van der Waals surface area contributed by atoms with Crippen LogP contribution in [0.25, 0.3) is 0 Å². The number of rotatable bonds is 4. The van der Waals surface area contributed by atoms with Gasteiger partial charge in [-0.2, -0.15) is 5.10 Å². The number of hydrogen-bond acceptors (Lipinski definition) is 4. The number of carbonyl (C=O) groups is 2. The fourth-order valence-corrected chi connectivity index (χ4v) is 6.64. The average molecular weight is 522 g/mol. The first-order valence-electron chi connectivity index (χ1n) is 12.4. The summed E-state index contributed by atoms with van der Waals surface area (Å²) < 4.78 is 2.01. The molecular formula is C27H25Cl2N5O2. The average Bonchev–Trinajstić information content (AvgIpc) is 3.19. The molecule has 36 heavy (non-hydrogen) atoms. The number of aromatic nitrogens is 2. The van der Waals surface area contributed by atoms with Gasteiger partial charge in [-0.15, -0.1) is 0 Å².